The quantitative estimate of drug-likeness (QED) is 0.0261. The molecule has 6 nitrogen and oxygen atoms in total. The van der Waals surface area contributed by atoms with Gasteiger partial charge in [0.05, 0.1) is 0 Å². The number of unbranched alkanes of at least 4 members (excludes halogenated alkanes) is 47. The second-order valence-electron chi connectivity index (χ2n) is 24.1. The lowest BCUT2D eigenvalue weighted by molar-refractivity contribution is -0.167. The molecule has 0 aromatic heterocycles. The van der Waals surface area contributed by atoms with E-state index in [-0.39, 0.29) is 31.1 Å². The molecule has 0 aliphatic carbocycles. The minimum Gasteiger partial charge on any atom is -0.462 e. The molecule has 0 spiro atoms. The molecule has 0 saturated carbocycles. The Bertz CT molecular complexity index is 1380. The Morgan fingerprint density at radius 3 is 0.787 bits per heavy atom. The van der Waals surface area contributed by atoms with Crippen LogP contribution in [-0.2, 0) is 28.6 Å². The number of carbonyl (C=O) groups excluding carboxylic acids is 3. The highest BCUT2D eigenvalue weighted by atomic mass is 16.6. The summed E-state index contributed by atoms with van der Waals surface area (Å²) >= 11 is 0. The van der Waals surface area contributed by atoms with Gasteiger partial charge in [0.15, 0.2) is 6.10 Å². The summed E-state index contributed by atoms with van der Waals surface area (Å²) in [5.74, 6) is -0.902. The fourth-order valence-corrected chi connectivity index (χ4v) is 10.8. The molecule has 6 heteroatoms. The van der Waals surface area contributed by atoms with E-state index in [1.54, 1.807) is 0 Å². The third-order valence-electron chi connectivity index (χ3n) is 16.1. The number of hydrogen-bond donors (Lipinski definition) is 0. The maximum atomic E-state index is 12.9. The maximum Gasteiger partial charge on any atom is 0.306 e. The molecule has 0 aliphatic rings. The summed E-state index contributed by atoms with van der Waals surface area (Å²) < 4.78 is 16.9. The van der Waals surface area contributed by atoms with Crippen molar-refractivity contribution in [3.8, 4) is 0 Å². The zero-order valence-corrected chi connectivity index (χ0v) is 53.9. The van der Waals surface area contributed by atoms with Crippen LogP contribution in [0.3, 0.4) is 0 Å². The lowest BCUT2D eigenvalue weighted by atomic mass is 10.0. The van der Waals surface area contributed by atoms with Crippen LogP contribution < -0.4 is 0 Å². The summed E-state index contributed by atoms with van der Waals surface area (Å²) in [6.45, 7) is 6.54. The number of hydrogen-bond acceptors (Lipinski definition) is 6. The summed E-state index contributed by atoms with van der Waals surface area (Å²) in [5, 5.41) is 0. The van der Waals surface area contributed by atoms with Crippen molar-refractivity contribution >= 4 is 17.9 Å². The van der Waals surface area contributed by atoms with Gasteiger partial charge in [-0.25, -0.2) is 0 Å². The minimum absolute atomic E-state index is 0.0826. The molecule has 0 heterocycles. The highest BCUT2D eigenvalue weighted by Crippen LogP contribution is 2.19. The molecule has 0 aromatic rings. The first-order chi connectivity index (χ1) is 39.5. The van der Waals surface area contributed by atoms with E-state index in [4.69, 9.17) is 14.2 Å². The summed E-state index contributed by atoms with van der Waals surface area (Å²) in [7, 11) is 0. The van der Waals surface area contributed by atoms with Gasteiger partial charge in [0.25, 0.3) is 0 Å². The van der Waals surface area contributed by atoms with Crippen molar-refractivity contribution in [3.63, 3.8) is 0 Å². The number of esters is 3. The average Bonchev–Trinajstić information content (AvgIpc) is 3.46. The smallest absolute Gasteiger partial charge is 0.306 e. The topological polar surface area (TPSA) is 78.9 Å². The van der Waals surface area contributed by atoms with Crippen molar-refractivity contribution < 1.29 is 28.6 Å². The monoisotopic (exact) mass is 1120 g/mol. The summed E-state index contributed by atoms with van der Waals surface area (Å²) in [6.07, 6.45) is 87.5. The second-order valence-corrected chi connectivity index (χ2v) is 24.1. The molecule has 0 aromatic carbocycles. The van der Waals surface area contributed by atoms with Gasteiger partial charge in [-0.2, -0.15) is 0 Å². The van der Waals surface area contributed by atoms with Crippen LogP contribution >= 0.6 is 0 Å². The van der Waals surface area contributed by atoms with E-state index in [1.165, 1.54) is 250 Å². The first kappa shape index (κ1) is 77.4. The van der Waals surface area contributed by atoms with Crippen LogP contribution in [0.2, 0.25) is 0 Å². The first-order valence-corrected chi connectivity index (χ1v) is 35.6. The van der Waals surface area contributed by atoms with Crippen molar-refractivity contribution in [1.29, 1.82) is 0 Å². The van der Waals surface area contributed by atoms with Crippen LogP contribution in [-0.4, -0.2) is 37.2 Å². The lowest BCUT2D eigenvalue weighted by Crippen LogP contribution is -2.30. The molecule has 468 valence electrons. The van der Waals surface area contributed by atoms with Gasteiger partial charge in [-0.3, -0.25) is 14.4 Å². The van der Waals surface area contributed by atoms with E-state index in [9.17, 15) is 14.4 Å². The molecular formula is C74H136O6. The molecule has 80 heavy (non-hydrogen) atoms. The van der Waals surface area contributed by atoms with Crippen LogP contribution in [0, 0.1) is 0 Å². The summed E-state index contributed by atoms with van der Waals surface area (Å²) in [4.78, 5) is 38.3. The first-order valence-electron chi connectivity index (χ1n) is 35.6. The summed E-state index contributed by atoms with van der Waals surface area (Å²) in [6, 6.07) is 0. The van der Waals surface area contributed by atoms with Crippen molar-refractivity contribution in [3.05, 3.63) is 48.6 Å². The van der Waals surface area contributed by atoms with Gasteiger partial charge in [-0.15, -0.1) is 0 Å². The molecule has 0 aliphatic heterocycles. The largest absolute Gasteiger partial charge is 0.462 e. The summed E-state index contributed by atoms with van der Waals surface area (Å²) in [5.41, 5.74) is 0. The number of ether oxygens (including phenoxy) is 3. The fourth-order valence-electron chi connectivity index (χ4n) is 10.8. The van der Waals surface area contributed by atoms with Crippen molar-refractivity contribution in [2.45, 2.75) is 393 Å². The Morgan fingerprint density at radius 1 is 0.263 bits per heavy atom. The van der Waals surface area contributed by atoms with Gasteiger partial charge in [-0.1, -0.05) is 339 Å². The van der Waals surface area contributed by atoms with Crippen molar-refractivity contribution in [2.75, 3.05) is 13.2 Å². The van der Waals surface area contributed by atoms with E-state index in [0.717, 1.165) is 96.3 Å². The third-order valence-corrected chi connectivity index (χ3v) is 16.1. The van der Waals surface area contributed by atoms with Crippen LogP contribution in [0.4, 0.5) is 0 Å². The van der Waals surface area contributed by atoms with E-state index in [0.29, 0.717) is 19.3 Å². The molecule has 0 N–H and O–H groups in total. The van der Waals surface area contributed by atoms with Gasteiger partial charge < -0.3 is 14.2 Å². The third kappa shape index (κ3) is 66.2. The maximum absolute atomic E-state index is 12.9. The number of allylic oxidation sites excluding steroid dienone is 8. The highest BCUT2D eigenvalue weighted by molar-refractivity contribution is 5.71. The lowest BCUT2D eigenvalue weighted by Gasteiger charge is -2.18. The average molecular weight is 1120 g/mol. The molecule has 0 saturated heterocycles. The van der Waals surface area contributed by atoms with E-state index < -0.39 is 6.10 Å². The van der Waals surface area contributed by atoms with Gasteiger partial charge in [0, 0.05) is 19.3 Å². The fraction of sp³-hybridized carbons (Fsp3) is 0.851. The van der Waals surface area contributed by atoms with Crippen LogP contribution in [0.1, 0.15) is 387 Å². The van der Waals surface area contributed by atoms with Gasteiger partial charge in [-0.05, 0) is 77.0 Å². The zero-order valence-electron chi connectivity index (χ0n) is 53.9. The molecular weight excluding hydrogens is 985 g/mol. The van der Waals surface area contributed by atoms with E-state index >= 15 is 0 Å². The van der Waals surface area contributed by atoms with Gasteiger partial charge >= 0.3 is 17.9 Å². The number of carbonyl (C=O) groups is 3. The Kier molecular flexibility index (Phi) is 66.6. The zero-order chi connectivity index (χ0) is 57.8. The van der Waals surface area contributed by atoms with E-state index in [2.05, 4.69) is 69.4 Å². The minimum atomic E-state index is -0.788. The predicted octanol–water partition coefficient (Wildman–Crippen LogP) is 24.5. The van der Waals surface area contributed by atoms with E-state index in [1.807, 2.05) is 0 Å². The molecule has 0 fully saturated rings. The molecule has 1 unspecified atom stereocenters. The molecule has 0 bridgehead atoms. The van der Waals surface area contributed by atoms with Crippen LogP contribution in [0.15, 0.2) is 48.6 Å². The van der Waals surface area contributed by atoms with Crippen LogP contribution in [0.25, 0.3) is 0 Å². The van der Waals surface area contributed by atoms with Crippen molar-refractivity contribution in [1.82, 2.24) is 0 Å². The number of rotatable bonds is 66. The molecule has 0 radical (unpaired) electrons. The predicted molar refractivity (Wildman–Crippen MR) is 349 cm³/mol. The molecule has 0 rings (SSSR count). The highest BCUT2D eigenvalue weighted by Gasteiger charge is 2.19. The Hall–Kier alpha value is -2.63. The Labute approximate surface area is 498 Å². The standard InChI is InChI=1S/C74H136O6/c1-4-7-10-13-16-19-22-25-27-28-29-30-31-32-33-34-35-36-37-38-39-40-41-42-43-44-45-46-47-50-52-55-58-61-64-67-73(76)79-70-71(69-78-72(75)66-63-60-57-54-51-48-24-21-18-15-12-9-6-3)80-74(77)68-65-62-59-56-53-49-26-23-20-17-14-11-8-5-2/h9,12,18,21,23,26,48,51,71H,4-8,10-11,13-17,19-20,22,24-25,27-47,49-50,52-70H2,1-3H3/b12-9-,21-18-,26-23-,51-48-. The molecule has 0 amide bonds. The normalized spacial score (nSPS) is 12.3. The van der Waals surface area contributed by atoms with Crippen molar-refractivity contribution in [2.24, 2.45) is 0 Å². The SMILES string of the molecule is CC/C=C\C/C=C\C/C=C\CCCCCC(=O)OCC(COC(=O)CCCCCCCCCCCCCCCCCCCCCCCCCCCCCCCCCCCCC)OC(=O)CCCCCCC/C=C\CCCCCCC. The van der Waals surface area contributed by atoms with Gasteiger partial charge in [0.2, 0.25) is 0 Å². The van der Waals surface area contributed by atoms with Gasteiger partial charge in [0.1, 0.15) is 13.2 Å². The molecule has 1 atom stereocenters. The Morgan fingerprint density at radius 2 is 0.487 bits per heavy atom. The Balaban J connectivity index is 4.03. The van der Waals surface area contributed by atoms with Crippen LogP contribution in [0.5, 0.6) is 0 Å². The second kappa shape index (κ2) is 68.9.